The highest BCUT2D eigenvalue weighted by molar-refractivity contribution is 7.89. The molecule has 0 aliphatic carbocycles. The Hall–Kier alpha value is -1.93. The number of anilines is 1. The zero-order valence-corrected chi connectivity index (χ0v) is 14.0. The Morgan fingerprint density at radius 3 is 2.35 bits per heavy atom. The third kappa shape index (κ3) is 3.89. The molecule has 1 aromatic rings. The number of sulfonamides is 1. The third-order valence-electron chi connectivity index (χ3n) is 3.78. The van der Waals surface area contributed by atoms with E-state index in [-0.39, 0.29) is 16.7 Å². The summed E-state index contributed by atoms with van der Waals surface area (Å²) in [5, 5.41) is 5.26. The van der Waals surface area contributed by atoms with Crippen LogP contribution in [0.5, 0.6) is 0 Å². The summed E-state index contributed by atoms with van der Waals surface area (Å²) in [6.07, 6.45) is 0.818. The van der Waals surface area contributed by atoms with Gasteiger partial charge in [0.1, 0.15) is 6.04 Å². The highest BCUT2D eigenvalue weighted by Gasteiger charge is 2.27. The molecule has 126 valence electrons. The van der Waals surface area contributed by atoms with Crippen molar-refractivity contribution >= 4 is 27.5 Å². The second kappa shape index (κ2) is 7.10. The second-order valence-corrected chi connectivity index (χ2v) is 7.20. The van der Waals surface area contributed by atoms with Crippen LogP contribution in [-0.4, -0.2) is 43.7 Å². The number of nitrogens with zero attached hydrogens (tertiary/aromatic N) is 1. The average molecular weight is 339 g/mol. The fourth-order valence-corrected chi connectivity index (χ4v) is 3.92. The van der Waals surface area contributed by atoms with Gasteiger partial charge in [0, 0.05) is 25.2 Å². The van der Waals surface area contributed by atoms with Gasteiger partial charge in [0.05, 0.1) is 4.90 Å². The predicted octanol–water partition coefficient (Wildman–Crippen LogP) is 0.934. The van der Waals surface area contributed by atoms with E-state index in [1.807, 2.05) is 0 Å². The van der Waals surface area contributed by atoms with Gasteiger partial charge in [-0.2, -0.15) is 4.31 Å². The van der Waals surface area contributed by atoms with Gasteiger partial charge >= 0.3 is 0 Å². The Morgan fingerprint density at radius 1 is 1.26 bits per heavy atom. The molecule has 1 atom stereocenters. The van der Waals surface area contributed by atoms with Crippen molar-refractivity contribution in [1.29, 1.82) is 0 Å². The molecule has 1 aromatic carbocycles. The largest absolute Gasteiger partial charge is 0.344 e. The van der Waals surface area contributed by atoms with E-state index in [2.05, 4.69) is 10.6 Å². The van der Waals surface area contributed by atoms with Crippen molar-refractivity contribution in [3.63, 3.8) is 0 Å². The number of rotatable bonds is 6. The summed E-state index contributed by atoms with van der Waals surface area (Å²) in [6.45, 7) is 4.37. The first-order valence-corrected chi connectivity index (χ1v) is 9.03. The molecule has 7 nitrogen and oxygen atoms in total. The van der Waals surface area contributed by atoms with Gasteiger partial charge in [-0.25, -0.2) is 8.42 Å². The molecule has 8 heteroatoms. The minimum Gasteiger partial charge on any atom is -0.344 e. The van der Waals surface area contributed by atoms with Crippen LogP contribution in [0.3, 0.4) is 0 Å². The van der Waals surface area contributed by atoms with Crippen molar-refractivity contribution in [3.05, 3.63) is 24.3 Å². The van der Waals surface area contributed by atoms with Crippen LogP contribution in [-0.2, 0) is 19.6 Å². The number of carbonyl (C=O) groups excluding carboxylic acids is 2. The van der Waals surface area contributed by atoms with E-state index in [0.29, 0.717) is 31.6 Å². The first-order valence-electron chi connectivity index (χ1n) is 7.59. The van der Waals surface area contributed by atoms with Gasteiger partial charge in [0.25, 0.3) is 0 Å². The summed E-state index contributed by atoms with van der Waals surface area (Å²) in [7, 11) is -3.51. The monoisotopic (exact) mass is 339 g/mol. The van der Waals surface area contributed by atoms with Crippen LogP contribution in [0, 0.1) is 0 Å². The Balaban J connectivity index is 2.08. The molecule has 0 spiro atoms. The summed E-state index contributed by atoms with van der Waals surface area (Å²) < 4.78 is 26.1. The number of carbonyl (C=O) groups is 2. The van der Waals surface area contributed by atoms with E-state index < -0.39 is 16.1 Å². The summed E-state index contributed by atoms with van der Waals surface area (Å²) in [6, 6.07) is 5.50. The lowest BCUT2D eigenvalue weighted by Crippen LogP contribution is -2.37. The molecule has 0 saturated carbocycles. The van der Waals surface area contributed by atoms with Gasteiger partial charge in [-0.15, -0.1) is 0 Å². The molecule has 2 rings (SSSR count). The first-order chi connectivity index (χ1) is 10.9. The van der Waals surface area contributed by atoms with E-state index >= 15 is 0 Å². The molecular formula is C15H21N3O4S. The van der Waals surface area contributed by atoms with Gasteiger partial charge in [0.15, 0.2) is 0 Å². The SMILES string of the molecule is CCN(CC)S(=O)(=O)c1ccc(NC(=O)C2CCC(=O)N2)cc1. The van der Waals surface area contributed by atoms with Crippen LogP contribution >= 0.6 is 0 Å². The van der Waals surface area contributed by atoms with Crippen molar-refractivity contribution < 1.29 is 18.0 Å². The van der Waals surface area contributed by atoms with E-state index in [1.54, 1.807) is 26.0 Å². The van der Waals surface area contributed by atoms with Crippen molar-refractivity contribution in [1.82, 2.24) is 9.62 Å². The molecule has 1 heterocycles. The van der Waals surface area contributed by atoms with E-state index in [0.717, 1.165) is 0 Å². The molecule has 1 saturated heterocycles. The molecule has 1 aliphatic heterocycles. The Bertz CT molecular complexity index is 681. The van der Waals surface area contributed by atoms with Crippen LogP contribution in [0.4, 0.5) is 5.69 Å². The molecule has 2 amide bonds. The highest BCUT2D eigenvalue weighted by Crippen LogP contribution is 2.19. The Morgan fingerprint density at radius 2 is 1.87 bits per heavy atom. The van der Waals surface area contributed by atoms with Crippen molar-refractivity contribution in [2.24, 2.45) is 0 Å². The fourth-order valence-electron chi connectivity index (χ4n) is 2.46. The maximum absolute atomic E-state index is 12.4. The van der Waals surface area contributed by atoms with Gasteiger partial charge in [-0.3, -0.25) is 9.59 Å². The van der Waals surface area contributed by atoms with Crippen LogP contribution in [0.2, 0.25) is 0 Å². The van der Waals surface area contributed by atoms with Gasteiger partial charge < -0.3 is 10.6 Å². The number of amides is 2. The Labute approximate surface area is 136 Å². The standard InChI is InChI=1S/C15H21N3O4S/c1-3-18(4-2)23(21,22)12-7-5-11(6-8-12)16-15(20)13-9-10-14(19)17-13/h5-8,13H,3-4,9-10H2,1-2H3,(H,16,20)(H,17,19). The quantitative estimate of drug-likeness (QED) is 0.806. The van der Waals surface area contributed by atoms with Crippen LogP contribution < -0.4 is 10.6 Å². The highest BCUT2D eigenvalue weighted by atomic mass is 32.2. The zero-order chi connectivity index (χ0) is 17.0. The summed E-state index contributed by atoms with van der Waals surface area (Å²) >= 11 is 0. The maximum Gasteiger partial charge on any atom is 0.246 e. The molecule has 1 unspecified atom stereocenters. The number of hydrogen-bond donors (Lipinski definition) is 2. The molecule has 1 fully saturated rings. The van der Waals surface area contributed by atoms with E-state index in [4.69, 9.17) is 0 Å². The lowest BCUT2D eigenvalue weighted by Gasteiger charge is -2.18. The first kappa shape index (κ1) is 17.4. The van der Waals surface area contributed by atoms with E-state index in [9.17, 15) is 18.0 Å². The van der Waals surface area contributed by atoms with Crippen LogP contribution in [0.15, 0.2) is 29.2 Å². The van der Waals surface area contributed by atoms with Crippen LogP contribution in [0.1, 0.15) is 26.7 Å². The van der Waals surface area contributed by atoms with Crippen molar-refractivity contribution in [3.8, 4) is 0 Å². The Kier molecular flexibility index (Phi) is 5.38. The fraction of sp³-hybridized carbons (Fsp3) is 0.467. The third-order valence-corrected chi connectivity index (χ3v) is 5.84. The second-order valence-electron chi connectivity index (χ2n) is 5.26. The molecule has 2 N–H and O–H groups in total. The molecule has 0 radical (unpaired) electrons. The smallest absolute Gasteiger partial charge is 0.246 e. The molecule has 0 bridgehead atoms. The zero-order valence-electron chi connectivity index (χ0n) is 13.2. The maximum atomic E-state index is 12.4. The normalized spacial score (nSPS) is 18.0. The van der Waals surface area contributed by atoms with Crippen molar-refractivity contribution in [2.45, 2.75) is 37.6 Å². The molecule has 23 heavy (non-hydrogen) atoms. The summed E-state index contributed by atoms with van der Waals surface area (Å²) in [4.78, 5) is 23.3. The molecule has 1 aliphatic rings. The minimum atomic E-state index is -3.51. The van der Waals surface area contributed by atoms with Gasteiger partial charge in [-0.1, -0.05) is 13.8 Å². The number of hydrogen-bond acceptors (Lipinski definition) is 4. The van der Waals surface area contributed by atoms with Gasteiger partial charge in [-0.05, 0) is 30.7 Å². The van der Waals surface area contributed by atoms with Gasteiger partial charge in [0.2, 0.25) is 21.8 Å². The number of benzene rings is 1. The average Bonchev–Trinajstić information content (AvgIpc) is 2.95. The molecular weight excluding hydrogens is 318 g/mol. The number of nitrogens with one attached hydrogen (secondary N) is 2. The topological polar surface area (TPSA) is 95.6 Å². The van der Waals surface area contributed by atoms with Crippen molar-refractivity contribution in [2.75, 3.05) is 18.4 Å². The molecule has 0 aromatic heterocycles. The van der Waals surface area contributed by atoms with E-state index in [1.165, 1.54) is 16.4 Å². The summed E-state index contributed by atoms with van der Waals surface area (Å²) in [5.41, 5.74) is 0.495. The summed E-state index contributed by atoms with van der Waals surface area (Å²) in [5.74, 6) is -0.430. The lowest BCUT2D eigenvalue weighted by atomic mass is 10.2. The predicted molar refractivity (Wildman–Crippen MR) is 86.3 cm³/mol. The van der Waals surface area contributed by atoms with Crippen LogP contribution in [0.25, 0.3) is 0 Å². The lowest BCUT2D eigenvalue weighted by molar-refractivity contribution is -0.122. The minimum absolute atomic E-state index is 0.134.